The van der Waals surface area contributed by atoms with Crippen molar-refractivity contribution in [1.82, 2.24) is 0 Å². The first-order chi connectivity index (χ1) is 10.1. The first-order valence-electron chi connectivity index (χ1n) is 6.99. The summed E-state index contributed by atoms with van der Waals surface area (Å²) >= 11 is 0. The van der Waals surface area contributed by atoms with Crippen molar-refractivity contribution >= 4 is 17.6 Å². The summed E-state index contributed by atoms with van der Waals surface area (Å²) in [7, 11) is 0. The molecule has 1 amide bonds. The van der Waals surface area contributed by atoms with Crippen molar-refractivity contribution in [2.24, 2.45) is 0 Å². The number of carbonyl (C=O) groups is 2. The number of benzene rings is 1. The number of carboxylic acid groups (broad SMARTS) is 1. The molecule has 0 heterocycles. The molecule has 0 fully saturated rings. The molecule has 6 nitrogen and oxygen atoms in total. The van der Waals surface area contributed by atoms with Crippen LogP contribution in [-0.4, -0.2) is 35.3 Å². The van der Waals surface area contributed by atoms with Crippen LogP contribution in [-0.2, 0) is 9.53 Å². The average Bonchev–Trinajstić information content (AvgIpc) is 2.44. The molecule has 0 aliphatic carbocycles. The van der Waals surface area contributed by atoms with Gasteiger partial charge in [-0.2, -0.15) is 0 Å². The second-order valence-corrected chi connectivity index (χ2v) is 4.62. The Morgan fingerprint density at radius 3 is 2.62 bits per heavy atom. The Morgan fingerprint density at radius 2 is 1.95 bits per heavy atom. The molecule has 1 aromatic carbocycles. The van der Waals surface area contributed by atoms with Crippen molar-refractivity contribution in [3.63, 3.8) is 0 Å². The normalized spacial score (nSPS) is 10.3. The standard InChI is InChI=1S/C15H21NO5/c1-2-3-9-21-10-5-8-13(17)16-12-7-4-6-11(14(12)18)15(19)20/h4,6-7,18H,2-3,5,8-10H2,1H3,(H,16,17)(H,19,20). The van der Waals surface area contributed by atoms with Gasteiger partial charge in [0.15, 0.2) is 5.75 Å². The third-order valence-corrected chi connectivity index (χ3v) is 2.88. The van der Waals surface area contributed by atoms with E-state index in [2.05, 4.69) is 12.2 Å². The summed E-state index contributed by atoms with van der Waals surface area (Å²) in [6.07, 6.45) is 2.90. The van der Waals surface area contributed by atoms with E-state index in [1.54, 1.807) is 0 Å². The lowest BCUT2D eigenvalue weighted by Crippen LogP contribution is -2.13. The SMILES string of the molecule is CCCCOCCCC(=O)Nc1cccc(C(=O)O)c1O. The molecule has 0 aliphatic heterocycles. The zero-order valence-electron chi connectivity index (χ0n) is 12.1. The second kappa shape index (κ2) is 8.97. The zero-order valence-corrected chi connectivity index (χ0v) is 12.1. The van der Waals surface area contributed by atoms with Gasteiger partial charge < -0.3 is 20.3 Å². The van der Waals surface area contributed by atoms with Crippen LogP contribution in [0.1, 0.15) is 43.0 Å². The van der Waals surface area contributed by atoms with Crippen molar-refractivity contribution in [2.45, 2.75) is 32.6 Å². The van der Waals surface area contributed by atoms with Crippen LogP contribution in [0, 0.1) is 0 Å². The molecule has 1 rings (SSSR count). The van der Waals surface area contributed by atoms with Gasteiger partial charge in [-0.1, -0.05) is 19.4 Å². The summed E-state index contributed by atoms with van der Waals surface area (Å²) in [5.74, 6) is -1.96. The maximum Gasteiger partial charge on any atom is 0.339 e. The number of amides is 1. The van der Waals surface area contributed by atoms with Crippen LogP contribution in [0.5, 0.6) is 5.75 Å². The molecule has 0 aliphatic rings. The smallest absolute Gasteiger partial charge is 0.339 e. The van der Waals surface area contributed by atoms with Crippen LogP contribution >= 0.6 is 0 Å². The molecule has 0 spiro atoms. The van der Waals surface area contributed by atoms with E-state index in [1.165, 1.54) is 18.2 Å². The van der Waals surface area contributed by atoms with Gasteiger partial charge in [-0.15, -0.1) is 0 Å². The van der Waals surface area contributed by atoms with Crippen LogP contribution < -0.4 is 5.32 Å². The third-order valence-electron chi connectivity index (χ3n) is 2.88. The minimum atomic E-state index is -1.24. The number of aromatic carboxylic acids is 1. The number of carboxylic acids is 1. The van der Waals surface area contributed by atoms with Gasteiger partial charge in [-0.25, -0.2) is 4.79 Å². The Balaban J connectivity index is 2.41. The molecular formula is C15H21NO5. The highest BCUT2D eigenvalue weighted by atomic mass is 16.5. The number of anilines is 1. The molecular weight excluding hydrogens is 274 g/mol. The van der Waals surface area contributed by atoms with Gasteiger partial charge in [0.25, 0.3) is 0 Å². The molecule has 21 heavy (non-hydrogen) atoms. The highest BCUT2D eigenvalue weighted by Crippen LogP contribution is 2.27. The van der Waals surface area contributed by atoms with E-state index in [-0.39, 0.29) is 23.6 Å². The van der Waals surface area contributed by atoms with E-state index in [0.717, 1.165) is 12.8 Å². The number of hydrogen-bond donors (Lipinski definition) is 3. The lowest BCUT2D eigenvalue weighted by atomic mass is 10.1. The minimum Gasteiger partial charge on any atom is -0.505 e. The Hall–Kier alpha value is -2.08. The van der Waals surface area contributed by atoms with Crippen molar-refractivity contribution in [3.8, 4) is 5.75 Å². The molecule has 116 valence electrons. The molecule has 0 unspecified atom stereocenters. The highest BCUT2D eigenvalue weighted by Gasteiger charge is 2.14. The number of carbonyl (C=O) groups excluding carboxylic acids is 1. The van der Waals surface area contributed by atoms with Crippen molar-refractivity contribution < 1.29 is 24.5 Å². The summed E-state index contributed by atoms with van der Waals surface area (Å²) in [6.45, 7) is 3.28. The van der Waals surface area contributed by atoms with Crippen molar-refractivity contribution in [3.05, 3.63) is 23.8 Å². The average molecular weight is 295 g/mol. The van der Waals surface area contributed by atoms with E-state index in [0.29, 0.717) is 19.6 Å². The lowest BCUT2D eigenvalue weighted by molar-refractivity contribution is -0.116. The van der Waals surface area contributed by atoms with Crippen molar-refractivity contribution in [1.29, 1.82) is 0 Å². The molecule has 0 saturated carbocycles. The molecule has 0 aromatic heterocycles. The molecule has 0 saturated heterocycles. The third kappa shape index (κ3) is 5.83. The Labute approximate surface area is 123 Å². The van der Waals surface area contributed by atoms with Crippen molar-refractivity contribution in [2.75, 3.05) is 18.5 Å². The van der Waals surface area contributed by atoms with Gasteiger partial charge in [-0.05, 0) is 25.0 Å². The van der Waals surface area contributed by atoms with Gasteiger partial charge in [0.05, 0.1) is 5.69 Å². The largest absolute Gasteiger partial charge is 0.505 e. The van der Waals surface area contributed by atoms with Gasteiger partial charge >= 0.3 is 5.97 Å². The number of ether oxygens (including phenoxy) is 1. The monoisotopic (exact) mass is 295 g/mol. The molecule has 0 atom stereocenters. The fourth-order valence-electron chi connectivity index (χ4n) is 1.71. The topological polar surface area (TPSA) is 95.9 Å². The number of hydrogen-bond acceptors (Lipinski definition) is 4. The van der Waals surface area contributed by atoms with Gasteiger partial charge in [0, 0.05) is 19.6 Å². The summed E-state index contributed by atoms with van der Waals surface area (Å²) in [5.41, 5.74) is -0.137. The summed E-state index contributed by atoms with van der Waals surface area (Å²) < 4.78 is 5.34. The van der Waals surface area contributed by atoms with E-state index in [1.807, 2.05) is 0 Å². The van der Waals surface area contributed by atoms with Gasteiger partial charge in [-0.3, -0.25) is 4.79 Å². The first-order valence-corrected chi connectivity index (χ1v) is 6.99. The van der Waals surface area contributed by atoms with E-state index in [4.69, 9.17) is 9.84 Å². The molecule has 6 heteroatoms. The van der Waals surface area contributed by atoms with Gasteiger partial charge in [0.1, 0.15) is 5.56 Å². The van der Waals surface area contributed by atoms with Gasteiger partial charge in [0.2, 0.25) is 5.91 Å². The van der Waals surface area contributed by atoms with Crippen LogP contribution in [0.4, 0.5) is 5.69 Å². The summed E-state index contributed by atoms with van der Waals surface area (Å²) in [4.78, 5) is 22.6. The maximum absolute atomic E-state index is 11.7. The van der Waals surface area contributed by atoms with Crippen LogP contribution in [0.3, 0.4) is 0 Å². The summed E-state index contributed by atoms with van der Waals surface area (Å²) in [5, 5.41) is 21.1. The van der Waals surface area contributed by atoms with Crippen LogP contribution in [0.25, 0.3) is 0 Å². The first kappa shape index (κ1) is 17.0. The Bertz CT molecular complexity index is 487. The lowest BCUT2D eigenvalue weighted by Gasteiger charge is -2.09. The number of para-hydroxylation sites is 1. The fraction of sp³-hybridized carbons (Fsp3) is 0.467. The number of phenols is 1. The van der Waals surface area contributed by atoms with E-state index >= 15 is 0 Å². The number of nitrogens with one attached hydrogen (secondary N) is 1. The Kier molecular flexibility index (Phi) is 7.25. The zero-order chi connectivity index (χ0) is 15.7. The predicted molar refractivity (Wildman–Crippen MR) is 78.7 cm³/mol. The quantitative estimate of drug-likeness (QED) is 0.481. The number of aromatic hydroxyl groups is 1. The predicted octanol–water partition coefficient (Wildman–Crippen LogP) is 2.63. The van der Waals surface area contributed by atoms with Crippen LogP contribution in [0.15, 0.2) is 18.2 Å². The fourth-order valence-corrected chi connectivity index (χ4v) is 1.71. The minimum absolute atomic E-state index is 0.104. The Morgan fingerprint density at radius 1 is 1.24 bits per heavy atom. The maximum atomic E-state index is 11.7. The molecule has 0 radical (unpaired) electrons. The van der Waals surface area contributed by atoms with E-state index < -0.39 is 11.7 Å². The van der Waals surface area contributed by atoms with Crippen LogP contribution in [0.2, 0.25) is 0 Å². The highest BCUT2D eigenvalue weighted by molar-refractivity contribution is 5.97. The number of unbranched alkanes of at least 4 members (excludes halogenated alkanes) is 1. The molecule has 3 N–H and O–H groups in total. The van der Waals surface area contributed by atoms with E-state index in [9.17, 15) is 14.7 Å². The molecule has 0 bridgehead atoms. The second-order valence-electron chi connectivity index (χ2n) is 4.62. The summed E-state index contributed by atoms with van der Waals surface area (Å²) in [6, 6.07) is 4.19. The number of rotatable bonds is 9. The molecule has 1 aromatic rings.